The minimum atomic E-state index is -0.734. The molecule has 3 aromatic carbocycles. The SMILES string of the molecule is COC(=O)Oc1cnc2n1CCc1ccccc1C2=C1CCN(CCc2ccc(OCc3ccc4ccccc4n3)cc2)CC1. The van der Waals surface area contributed by atoms with E-state index in [1.165, 1.54) is 34.9 Å². The van der Waals surface area contributed by atoms with Gasteiger partial charge in [0.2, 0.25) is 5.88 Å². The lowest BCUT2D eigenvalue weighted by Crippen LogP contribution is -2.33. The quantitative estimate of drug-likeness (QED) is 0.189. The molecule has 45 heavy (non-hydrogen) atoms. The van der Waals surface area contributed by atoms with Crippen molar-refractivity contribution in [3.63, 3.8) is 0 Å². The molecule has 2 aliphatic heterocycles. The molecule has 1 saturated heterocycles. The maximum Gasteiger partial charge on any atom is 0.514 e. The number of aryl methyl sites for hydroxylation is 1. The third-order valence-corrected chi connectivity index (χ3v) is 8.78. The van der Waals surface area contributed by atoms with Gasteiger partial charge in [0.25, 0.3) is 0 Å². The Bertz CT molecular complexity index is 1850. The Kier molecular flexibility index (Phi) is 8.29. The Labute approximate surface area is 262 Å². The second kappa shape index (κ2) is 13.0. The first-order valence-electron chi connectivity index (χ1n) is 15.6. The molecule has 0 unspecified atom stereocenters. The van der Waals surface area contributed by atoms with Gasteiger partial charge in [0.1, 0.15) is 18.2 Å². The summed E-state index contributed by atoms with van der Waals surface area (Å²) in [5, 5.41) is 1.13. The Hall–Kier alpha value is -4.95. The largest absolute Gasteiger partial charge is 0.514 e. The molecular formula is C37H36N4O4. The molecule has 0 saturated carbocycles. The van der Waals surface area contributed by atoms with Gasteiger partial charge in [0.15, 0.2) is 0 Å². The van der Waals surface area contributed by atoms with Gasteiger partial charge in [-0.05, 0) is 66.6 Å². The molecule has 1 fully saturated rings. The number of benzene rings is 3. The first-order chi connectivity index (χ1) is 22.1. The number of likely N-dealkylation sites (tertiary alicyclic amines) is 1. The normalized spacial score (nSPS) is 14.9. The summed E-state index contributed by atoms with van der Waals surface area (Å²) >= 11 is 0. The maximum absolute atomic E-state index is 11.9. The second-order valence-electron chi connectivity index (χ2n) is 11.5. The van der Waals surface area contributed by atoms with Gasteiger partial charge in [0, 0.05) is 37.1 Å². The molecule has 4 heterocycles. The summed E-state index contributed by atoms with van der Waals surface area (Å²) in [6.45, 7) is 4.12. The van der Waals surface area contributed by atoms with Gasteiger partial charge < -0.3 is 19.1 Å². The van der Waals surface area contributed by atoms with Crippen LogP contribution in [0.15, 0.2) is 96.7 Å². The number of pyridine rings is 1. The van der Waals surface area contributed by atoms with Crippen molar-refractivity contribution >= 4 is 22.6 Å². The highest BCUT2D eigenvalue weighted by atomic mass is 16.7. The van der Waals surface area contributed by atoms with Crippen molar-refractivity contribution in [2.45, 2.75) is 38.8 Å². The molecule has 0 radical (unpaired) electrons. The number of hydrogen-bond donors (Lipinski definition) is 0. The number of methoxy groups -OCH3 is 1. The van der Waals surface area contributed by atoms with Crippen molar-refractivity contribution in [2.24, 2.45) is 0 Å². The fourth-order valence-electron chi connectivity index (χ4n) is 6.35. The van der Waals surface area contributed by atoms with Crippen molar-refractivity contribution in [1.29, 1.82) is 0 Å². The van der Waals surface area contributed by atoms with Gasteiger partial charge in [-0.1, -0.05) is 66.2 Å². The number of nitrogens with zero attached hydrogens (tertiary/aromatic N) is 4. The van der Waals surface area contributed by atoms with Crippen LogP contribution in [0.1, 0.15) is 41.1 Å². The van der Waals surface area contributed by atoms with Crippen LogP contribution in [0.2, 0.25) is 0 Å². The molecule has 8 nitrogen and oxygen atoms in total. The molecule has 0 bridgehead atoms. The van der Waals surface area contributed by atoms with Gasteiger partial charge in [-0.15, -0.1) is 0 Å². The van der Waals surface area contributed by atoms with Crippen LogP contribution in [-0.4, -0.2) is 52.3 Å². The fraction of sp³-hybridized carbons (Fsp3) is 0.270. The predicted octanol–water partition coefficient (Wildman–Crippen LogP) is 6.85. The van der Waals surface area contributed by atoms with E-state index in [4.69, 9.17) is 24.2 Å². The third-order valence-electron chi connectivity index (χ3n) is 8.78. The zero-order chi connectivity index (χ0) is 30.6. The molecule has 5 aromatic rings. The molecule has 8 heteroatoms. The smallest absolute Gasteiger partial charge is 0.487 e. The number of imidazole rings is 1. The van der Waals surface area contributed by atoms with E-state index in [0.29, 0.717) is 19.0 Å². The molecular weight excluding hydrogens is 564 g/mol. The summed E-state index contributed by atoms with van der Waals surface area (Å²) in [5.41, 5.74) is 8.30. The number of carbonyl (C=O) groups excluding carboxylic acids is 1. The van der Waals surface area contributed by atoms with Crippen LogP contribution in [-0.2, 0) is 30.7 Å². The van der Waals surface area contributed by atoms with E-state index in [1.807, 2.05) is 28.8 Å². The summed E-state index contributed by atoms with van der Waals surface area (Å²) in [7, 11) is 1.31. The van der Waals surface area contributed by atoms with Crippen molar-refractivity contribution in [2.75, 3.05) is 26.7 Å². The Morgan fingerprint density at radius 1 is 0.867 bits per heavy atom. The van der Waals surface area contributed by atoms with Crippen LogP contribution in [0.25, 0.3) is 16.5 Å². The first kappa shape index (κ1) is 28.8. The van der Waals surface area contributed by atoms with Crippen LogP contribution in [0.5, 0.6) is 11.6 Å². The lowest BCUT2D eigenvalue weighted by Gasteiger charge is -2.30. The van der Waals surface area contributed by atoms with E-state index in [-0.39, 0.29) is 0 Å². The topological polar surface area (TPSA) is 78.7 Å². The number of fused-ring (bicyclic) bond motifs is 3. The minimum Gasteiger partial charge on any atom is -0.487 e. The zero-order valence-electron chi connectivity index (χ0n) is 25.4. The third kappa shape index (κ3) is 6.33. The lowest BCUT2D eigenvalue weighted by atomic mass is 9.90. The maximum atomic E-state index is 11.9. The van der Waals surface area contributed by atoms with Gasteiger partial charge in [-0.25, -0.2) is 14.8 Å². The summed E-state index contributed by atoms with van der Waals surface area (Å²) in [5.74, 6) is 2.13. The van der Waals surface area contributed by atoms with E-state index < -0.39 is 6.16 Å². The van der Waals surface area contributed by atoms with Crippen LogP contribution >= 0.6 is 0 Å². The summed E-state index contributed by atoms with van der Waals surface area (Å²) in [6, 6.07) is 29.2. The van der Waals surface area contributed by atoms with Crippen molar-refractivity contribution in [1.82, 2.24) is 19.4 Å². The number of hydrogen-bond acceptors (Lipinski definition) is 7. The van der Waals surface area contributed by atoms with E-state index in [0.717, 1.165) is 73.5 Å². The lowest BCUT2D eigenvalue weighted by molar-refractivity contribution is 0.118. The van der Waals surface area contributed by atoms with Crippen molar-refractivity contribution in [3.05, 3.63) is 125 Å². The first-order valence-corrected chi connectivity index (χ1v) is 15.6. The molecule has 228 valence electrons. The Balaban J connectivity index is 0.982. The number of para-hydroxylation sites is 1. The van der Waals surface area contributed by atoms with E-state index >= 15 is 0 Å². The van der Waals surface area contributed by atoms with Crippen LogP contribution in [0.3, 0.4) is 0 Å². The van der Waals surface area contributed by atoms with Gasteiger partial charge in [-0.2, -0.15) is 0 Å². The Morgan fingerprint density at radius 3 is 2.51 bits per heavy atom. The number of ether oxygens (including phenoxy) is 3. The highest BCUT2D eigenvalue weighted by Gasteiger charge is 2.27. The summed E-state index contributed by atoms with van der Waals surface area (Å²) in [6.07, 6.45) is 4.66. The van der Waals surface area contributed by atoms with Crippen molar-refractivity contribution < 1.29 is 19.0 Å². The molecule has 2 aliphatic rings. The van der Waals surface area contributed by atoms with Gasteiger partial charge >= 0.3 is 6.16 Å². The Morgan fingerprint density at radius 2 is 1.67 bits per heavy atom. The zero-order valence-corrected chi connectivity index (χ0v) is 25.4. The number of rotatable bonds is 7. The van der Waals surface area contributed by atoms with Crippen LogP contribution in [0, 0.1) is 0 Å². The average Bonchev–Trinajstić information content (AvgIpc) is 3.39. The summed E-state index contributed by atoms with van der Waals surface area (Å²) in [4.78, 5) is 23.9. The van der Waals surface area contributed by atoms with Crippen LogP contribution < -0.4 is 9.47 Å². The highest BCUT2D eigenvalue weighted by Crippen LogP contribution is 2.37. The molecule has 0 N–H and O–H groups in total. The monoisotopic (exact) mass is 600 g/mol. The molecule has 7 rings (SSSR count). The minimum absolute atomic E-state index is 0.418. The standard InChI is InChI=1S/C37H36N4O4/c1-43-37(42)45-34-24-38-36-35(32-8-4-2-6-27(32)19-23-41(34)36)29-17-21-40(22-18-29)20-16-26-10-14-31(15-11-26)44-25-30-13-12-28-7-3-5-9-33(28)39-30/h2-15,24H,16-23,25H2,1H3. The van der Waals surface area contributed by atoms with Gasteiger partial charge in [0.05, 0.1) is 24.5 Å². The number of carbonyl (C=O) groups is 1. The van der Waals surface area contributed by atoms with Crippen LogP contribution in [0.4, 0.5) is 4.79 Å². The highest BCUT2D eigenvalue weighted by molar-refractivity contribution is 5.82. The van der Waals surface area contributed by atoms with Crippen molar-refractivity contribution in [3.8, 4) is 11.6 Å². The second-order valence-corrected chi connectivity index (χ2v) is 11.5. The molecule has 0 aliphatic carbocycles. The summed E-state index contributed by atoms with van der Waals surface area (Å²) < 4.78 is 18.2. The van der Waals surface area contributed by atoms with E-state index in [9.17, 15) is 4.79 Å². The number of piperidine rings is 1. The van der Waals surface area contributed by atoms with E-state index in [1.54, 1.807) is 6.20 Å². The van der Waals surface area contributed by atoms with Gasteiger partial charge in [-0.3, -0.25) is 4.57 Å². The average molecular weight is 601 g/mol. The van der Waals surface area contributed by atoms with E-state index in [2.05, 4.69) is 65.6 Å². The predicted molar refractivity (Wildman–Crippen MR) is 173 cm³/mol. The number of aromatic nitrogens is 3. The molecule has 2 aromatic heterocycles. The fourth-order valence-corrected chi connectivity index (χ4v) is 6.35. The molecule has 0 spiro atoms. The molecule has 0 atom stereocenters. The molecule has 0 amide bonds.